The first-order valence-corrected chi connectivity index (χ1v) is 9.16. The molecule has 0 saturated heterocycles. The van der Waals surface area contributed by atoms with Gasteiger partial charge in [-0.2, -0.15) is 0 Å². The molecule has 0 aliphatic rings. The van der Waals surface area contributed by atoms with Crippen LogP contribution in [0.5, 0.6) is 0 Å². The van der Waals surface area contributed by atoms with Crippen molar-refractivity contribution in [1.29, 1.82) is 0 Å². The van der Waals surface area contributed by atoms with Crippen molar-refractivity contribution < 1.29 is 8.83 Å². The first-order chi connectivity index (χ1) is 13.9. The number of hydrogen-bond acceptors (Lipinski definition) is 3. The zero-order chi connectivity index (χ0) is 18.8. The smallest absolute Gasteiger partial charge is 0.227 e. The third kappa shape index (κ3) is 3.03. The summed E-state index contributed by atoms with van der Waals surface area (Å²) >= 11 is 0. The molecule has 28 heavy (non-hydrogen) atoms. The first kappa shape index (κ1) is 16.3. The van der Waals surface area contributed by atoms with Crippen LogP contribution in [0.15, 0.2) is 112 Å². The van der Waals surface area contributed by atoms with E-state index in [9.17, 15) is 0 Å². The third-order valence-electron chi connectivity index (χ3n) is 4.58. The van der Waals surface area contributed by atoms with Gasteiger partial charge in [0.2, 0.25) is 5.89 Å². The molecule has 0 unspecified atom stereocenters. The van der Waals surface area contributed by atoms with Gasteiger partial charge in [0.1, 0.15) is 5.76 Å². The van der Waals surface area contributed by atoms with Crippen LogP contribution in [0.25, 0.3) is 45.6 Å². The van der Waals surface area contributed by atoms with E-state index in [1.807, 2.05) is 103 Å². The molecule has 0 saturated carbocycles. The highest BCUT2D eigenvalue weighted by Gasteiger charge is 2.20. The predicted molar refractivity (Wildman–Crippen MR) is 111 cm³/mol. The zero-order valence-electron chi connectivity index (χ0n) is 15.1. The van der Waals surface area contributed by atoms with Crippen LogP contribution in [0.2, 0.25) is 0 Å². The Morgan fingerprint density at radius 1 is 0.464 bits per heavy atom. The van der Waals surface area contributed by atoms with Gasteiger partial charge < -0.3 is 8.83 Å². The van der Waals surface area contributed by atoms with Gasteiger partial charge in [0.15, 0.2) is 17.2 Å². The Hall–Kier alpha value is -3.85. The average Bonchev–Trinajstić information content (AvgIpc) is 3.43. The number of hydrogen-bond donors (Lipinski definition) is 0. The Kier molecular flexibility index (Phi) is 4.11. The van der Waals surface area contributed by atoms with E-state index in [2.05, 4.69) is 0 Å². The molecule has 3 nitrogen and oxygen atoms in total. The van der Waals surface area contributed by atoms with Crippen molar-refractivity contribution >= 4 is 0 Å². The molecule has 0 aliphatic heterocycles. The summed E-state index contributed by atoms with van der Waals surface area (Å²) in [4.78, 5) is 4.77. The van der Waals surface area contributed by atoms with Crippen LogP contribution >= 0.6 is 0 Å². The molecule has 0 amide bonds. The summed E-state index contributed by atoms with van der Waals surface area (Å²) < 4.78 is 12.3. The molecule has 0 aliphatic carbocycles. The zero-order valence-corrected chi connectivity index (χ0v) is 15.1. The molecule has 134 valence electrons. The average molecular weight is 363 g/mol. The molecule has 5 rings (SSSR count). The molecular formula is C25H17NO2. The van der Waals surface area contributed by atoms with Gasteiger partial charge in [-0.3, -0.25) is 0 Å². The first-order valence-electron chi connectivity index (χ1n) is 9.16. The largest absolute Gasteiger partial charge is 0.454 e. The van der Waals surface area contributed by atoms with Gasteiger partial charge in [-0.25, -0.2) is 4.98 Å². The van der Waals surface area contributed by atoms with Gasteiger partial charge in [-0.05, 0) is 24.3 Å². The lowest BCUT2D eigenvalue weighted by Crippen LogP contribution is -1.80. The van der Waals surface area contributed by atoms with E-state index in [0.29, 0.717) is 23.1 Å². The summed E-state index contributed by atoms with van der Waals surface area (Å²) in [7, 11) is 0. The van der Waals surface area contributed by atoms with E-state index in [1.165, 1.54) is 0 Å². The standard InChI is InChI=1S/C25H17NO2/c1-4-10-18(11-5-1)21-16-17-22(27-21)23-24(19-12-6-2-7-13-19)28-25(26-23)20-14-8-3-9-15-20/h1-17H. The minimum atomic E-state index is 0.576. The van der Waals surface area contributed by atoms with Crippen molar-refractivity contribution in [3.8, 4) is 45.6 Å². The lowest BCUT2D eigenvalue weighted by Gasteiger charge is -1.99. The molecule has 3 aromatic carbocycles. The molecule has 2 aromatic heterocycles. The Morgan fingerprint density at radius 3 is 1.64 bits per heavy atom. The van der Waals surface area contributed by atoms with E-state index >= 15 is 0 Å². The van der Waals surface area contributed by atoms with Crippen LogP contribution in [-0.4, -0.2) is 4.98 Å². The summed E-state index contributed by atoms with van der Waals surface area (Å²) in [5.74, 6) is 2.77. The fourth-order valence-electron chi connectivity index (χ4n) is 3.20. The maximum absolute atomic E-state index is 6.19. The fraction of sp³-hybridized carbons (Fsp3) is 0. The van der Waals surface area contributed by atoms with Crippen LogP contribution in [0.4, 0.5) is 0 Å². The maximum atomic E-state index is 6.19. The lowest BCUT2D eigenvalue weighted by molar-refractivity contribution is 0.583. The summed E-state index contributed by atoms with van der Waals surface area (Å²) in [5.41, 5.74) is 3.62. The van der Waals surface area contributed by atoms with Crippen LogP contribution in [0.3, 0.4) is 0 Å². The van der Waals surface area contributed by atoms with Gasteiger partial charge in [0.25, 0.3) is 0 Å². The predicted octanol–water partition coefficient (Wildman–Crippen LogP) is 6.94. The Bertz CT molecular complexity index is 1190. The lowest BCUT2D eigenvalue weighted by atomic mass is 10.1. The van der Waals surface area contributed by atoms with Crippen molar-refractivity contribution in [1.82, 2.24) is 4.98 Å². The SMILES string of the molecule is c1ccc(-c2ccc(-c3nc(-c4ccccc4)oc3-c3ccccc3)o2)cc1. The molecule has 0 spiro atoms. The van der Waals surface area contributed by atoms with Gasteiger partial charge >= 0.3 is 0 Å². The summed E-state index contributed by atoms with van der Waals surface area (Å²) in [6.07, 6.45) is 0. The normalized spacial score (nSPS) is 10.9. The molecule has 0 N–H and O–H groups in total. The van der Waals surface area contributed by atoms with Crippen molar-refractivity contribution in [2.45, 2.75) is 0 Å². The minimum Gasteiger partial charge on any atom is -0.454 e. The van der Waals surface area contributed by atoms with Crippen LogP contribution in [0, 0.1) is 0 Å². The topological polar surface area (TPSA) is 39.2 Å². The molecule has 0 fully saturated rings. The second-order valence-electron chi connectivity index (χ2n) is 6.46. The summed E-state index contributed by atoms with van der Waals surface area (Å²) in [5, 5.41) is 0. The van der Waals surface area contributed by atoms with Gasteiger partial charge in [0, 0.05) is 16.7 Å². The highest BCUT2D eigenvalue weighted by molar-refractivity contribution is 5.77. The molecule has 0 bridgehead atoms. The van der Waals surface area contributed by atoms with E-state index < -0.39 is 0 Å². The Morgan fingerprint density at radius 2 is 1.00 bits per heavy atom. The number of oxazole rings is 1. The molecular weight excluding hydrogens is 346 g/mol. The number of benzene rings is 3. The fourth-order valence-corrected chi connectivity index (χ4v) is 3.20. The van der Waals surface area contributed by atoms with E-state index in [1.54, 1.807) is 0 Å². The monoisotopic (exact) mass is 363 g/mol. The third-order valence-corrected chi connectivity index (χ3v) is 4.58. The van der Waals surface area contributed by atoms with E-state index in [-0.39, 0.29) is 0 Å². The highest BCUT2D eigenvalue weighted by Crippen LogP contribution is 2.37. The maximum Gasteiger partial charge on any atom is 0.227 e. The van der Waals surface area contributed by atoms with Crippen molar-refractivity contribution in [3.05, 3.63) is 103 Å². The number of rotatable bonds is 4. The number of nitrogens with zero attached hydrogens (tertiary/aromatic N) is 1. The second-order valence-corrected chi connectivity index (χ2v) is 6.46. The van der Waals surface area contributed by atoms with Crippen molar-refractivity contribution in [2.24, 2.45) is 0 Å². The highest BCUT2D eigenvalue weighted by atomic mass is 16.4. The van der Waals surface area contributed by atoms with Gasteiger partial charge in [-0.1, -0.05) is 78.9 Å². The molecule has 0 atom stereocenters. The Labute approximate surface area is 162 Å². The summed E-state index contributed by atoms with van der Waals surface area (Å²) in [6, 6.07) is 33.8. The van der Waals surface area contributed by atoms with Crippen LogP contribution in [-0.2, 0) is 0 Å². The molecule has 5 aromatic rings. The van der Waals surface area contributed by atoms with E-state index in [0.717, 1.165) is 22.5 Å². The van der Waals surface area contributed by atoms with Crippen LogP contribution in [0.1, 0.15) is 0 Å². The van der Waals surface area contributed by atoms with E-state index in [4.69, 9.17) is 13.8 Å². The molecule has 2 heterocycles. The summed E-state index contributed by atoms with van der Waals surface area (Å²) in [6.45, 7) is 0. The Balaban J connectivity index is 1.64. The second kappa shape index (κ2) is 7.05. The number of aromatic nitrogens is 1. The van der Waals surface area contributed by atoms with Crippen molar-refractivity contribution in [3.63, 3.8) is 0 Å². The number of furan rings is 1. The van der Waals surface area contributed by atoms with Crippen LogP contribution < -0.4 is 0 Å². The van der Waals surface area contributed by atoms with Gasteiger partial charge in [0.05, 0.1) is 0 Å². The van der Waals surface area contributed by atoms with Gasteiger partial charge in [-0.15, -0.1) is 0 Å². The molecule has 3 heteroatoms. The quantitative estimate of drug-likeness (QED) is 0.347. The molecule has 0 radical (unpaired) electrons. The van der Waals surface area contributed by atoms with Crippen molar-refractivity contribution in [2.75, 3.05) is 0 Å². The minimum absolute atomic E-state index is 0.576.